The SMILES string of the molecule is CC(=O)N(C[C@H](O)CO)c1c(I)c(C(=O)NC[C@@H](O)CO)c(I)c(C(=O)NC[C@@H](O)CO)c1I. The molecule has 0 bridgehead atoms. The molecule has 0 saturated heterocycles. The molecule has 0 aromatic heterocycles. The summed E-state index contributed by atoms with van der Waals surface area (Å²) in [4.78, 5) is 39.6. The smallest absolute Gasteiger partial charge is 0.253 e. The van der Waals surface area contributed by atoms with E-state index >= 15 is 0 Å². The number of rotatable bonds is 12. The Hall–Kier alpha value is -0.420. The van der Waals surface area contributed by atoms with Gasteiger partial charge in [0.1, 0.15) is 0 Å². The summed E-state index contributed by atoms with van der Waals surface area (Å²) in [7, 11) is 0. The number of aliphatic hydroxyl groups is 6. The lowest BCUT2D eigenvalue weighted by atomic mass is 10.1. The predicted molar refractivity (Wildman–Crippen MR) is 147 cm³/mol. The zero-order valence-electron chi connectivity index (χ0n) is 18.0. The zero-order valence-corrected chi connectivity index (χ0v) is 24.4. The number of anilines is 1. The molecule has 1 rings (SSSR count). The van der Waals surface area contributed by atoms with Gasteiger partial charge in [-0.2, -0.15) is 0 Å². The molecule has 34 heavy (non-hydrogen) atoms. The van der Waals surface area contributed by atoms with Crippen molar-refractivity contribution in [1.82, 2.24) is 10.6 Å². The lowest BCUT2D eigenvalue weighted by molar-refractivity contribution is -0.117. The van der Waals surface area contributed by atoms with Crippen molar-refractivity contribution in [3.8, 4) is 0 Å². The van der Waals surface area contributed by atoms with Gasteiger partial charge >= 0.3 is 0 Å². The number of nitrogens with zero attached hydrogens (tertiary/aromatic N) is 1. The summed E-state index contributed by atoms with van der Waals surface area (Å²) in [5, 5.41) is 61.3. The Labute approximate surface area is 236 Å². The van der Waals surface area contributed by atoms with Crippen LogP contribution in [0.15, 0.2) is 0 Å². The van der Waals surface area contributed by atoms with E-state index in [0.29, 0.717) is 0 Å². The second-order valence-electron chi connectivity index (χ2n) is 7.10. The molecule has 0 saturated carbocycles. The second-order valence-corrected chi connectivity index (χ2v) is 10.3. The zero-order chi connectivity index (χ0) is 26.2. The Morgan fingerprint density at radius 2 is 1.15 bits per heavy atom. The number of carbonyl (C=O) groups is 3. The van der Waals surface area contributed by atoms with E-state index in [2.05, 4.69) is 10.6 Å². The standard InChI is InChI=1S/C19H26I3N3O9/c1-8(29)25(4-11(32)7-28)17-15(21)12(18(33)23-2-9(30)5-26)14(20)13(16(17)22)19(34)24-3-10(31)6-27/h9-11,26-28,30-32H,2-7H2,1H3,(H,23,33)(H,24,34)/t9-,10-,11+/m1/s1. The molecular weight excluding hydrogens is 795 g/mol. The minimum atomic E-state index is -1.29. The fourth-order valence-corrected chi connectivity index (χ4v) is 7.39. The monoisotopic (exact) mass is 821 g/mol. The molecule has 3 atom stereocenters. The molecule has 0 spiro atoms. The number of halogens is 3. The highest BCUT2D eigenvalue weighted by atomic mass is 127. The van der Waals surface area contributed by atoms with Crippen molar-refractivity contribution < 1.29 is 45.0 Å². The molecule has 0 aliphatic rings. The molecule has 0 radical (unpaired) electrons. The first kappa shape index (κ1) is 31.6. The van der Waals surface area contributed by atoms with Gasteiger partial charge < -0.3 is 46.2 Å². The molecule has 3 amide bonds. The summed E-state index contributed by atoms with van der Waals surface area (Å²) in [6.07, 6.45) is -3.71. The lowest BCUT2D eigenvalue weighted by Crippen LogP contribution is -2.41. The van der Waals surface area contributed by atoms with Gasteiger partial charge in [-0.05, 0) is 67.8 Å². The molecule has 0 heterocycles. The van der Waals surface area contributed by atoms with Gasteiger partial charge in [-0.15, -0.1) is 0 Å². The number of nitrogens with one attached hydrogen (secondary N) is 2. The first-order valence-electron chi connectivity index (χ1n) is 9.82. The van der Waals surface area contributed by atoms with Gasteiger partial charge in [0.05, 0.1) is 68.6 Å². The molecular formula is C19H26I3N3O9. The van der Waals surface area contributed by atoms with Crippen LogP contribution >= 0.6 is 67.8 Å². The molecule has 0 aliphatic heterocycles. The number of carbonyl (C=O) groups excluding carboxylic acids is 3. The van der Waals surface area contributed by atoms with Crippen LogP contribution in [-0.2, 0) is 4.79 Å². The first-order chi connectivity index (χ1) is 15.9. The highest BCUT2D eigenvalue weighted by Gasteiger charge is 2.32. The van der Waals surface area contributed by atoms with Gasteiger partial charge in [-0.3, -0.25) is 14.4 Å². The summed E-state index contributed by atoms with van der Waals surface area (Å²) in [6.45, 7) is -1.41. The van der Waals surface area contributed by atoms with Gasteiger partial charge in [0.15, 0.2) is 0 Å². The van der Waals surface area contributed by atoms with Crippen LogP contribution in [0.1, 0.15) is 27.6 Å². The quantitative estimate of drug-likeness (QED) is 0.114. The third-order valence-electron chi connectivity index (χ3n) is 4.42. The van der Waals surface area contributed by atoms with Crippen LogP contribution in [0.4, 0.5) is 5.69 Å². The average molecular weight is 821 g/mol. The third-order valence-corrected chi connectivity index (χ3v) is 7.60. The van der Waals surface area contributed by atoms with E-state index in [1.807, 2.05) is 45.2 Å². The minimum Gasteiger partial charge on any atom is -0.394 e. The van der Waals surface area contributed by atoms with Crippen molar-refractivity contribution in [1.29, 1.82) is 0 Å². The lowest BCUT2D eigenvalue weighted by Gasteiger charge is -2.28. The highest BCUT2D eigenvalue weighted by Crippen LogP contribution is 2.38. The van der Waals surface area contributed by atoms with Crippen LogP contribution < -0.4 is 15.5 Å². The topological polar surface area (TPSA) is 200 Å². The Bertz CT molecular complexity index is 850. The largest absolute Gasteiger partial charge is 0.394 e. The first-order valence-corrected chi connectivity index (χ1v) is 13.1. The average Bonchev–Trinajstić information content (AvgIpc) is 2.79. The van der Waals surface area contributed by atoms with E-state index in [1.54, 1.807) is 22.6 Å². The molecule has 12 nitrogen and oxygen atoms in total. The summed E-state index contributed by atoms with van der Waals surface area (Å²) in [5.74, 6) is -1.89. The van der Waals surface area contributed by atoms with Crippen LogP contribution in [0.25, 0.3) is 0 Å². The van der Waals surface area contributed by atoms with Crippen molar-refractivity contribution in [3.05, 3.63) is 21.8 Å². The molecule has 8 N–H and O–H groups in total. The number of amides is 3. The Balaban J connectivity index is 3.73. The molecule has 1 aromatic carbocycles. The summed E-state index contributed by atoms with van der Waals surface area (Å²) in [6, 6.07) is 0. The van der Waals surface area contributed by atoms with E-state index in [9.17, 15) is 34.8 Å². The fraction of sp³-hybridized carbons (Fsp3) is 0.526. The maximum atomic E-state index is 13.0. The normalized spacial score (nSPS) is 13.7. The van der Waals surface area contributed by atoms with Crippen LogP contribution in [0, 0.1) is 10.7 Å². The maximum absolute atomic E-state index is 13.0. The van der Waals surface area contributed by atoms with E-state index in [4.69, 9.17) is 10.2 Å². The molecule has 0 fully saturated rings. The van der Waals surface area contributed by atoms with E-state index in [1.165, 1.54) is 6.92 Å². The molecule has 0 aliphatic carbocycles. The molecule has 0 unspecified atom stereocenters. The van der Waals surface area contributed by atoms with Gasteiger partial charge in [0, 0.05) is 23.6 Å². The van der Waals surface area contributed by atoms with Crippen molar-refractivity contribution in [2.24, 2.45) is 0 Å². The molecule has 192 valence electrons. The fourth-order valence-electron chi connectivity index (χ4n) is 2.66. The Morgan fingerprint density at radius 1 is 0.765 bits per heavy atom. The van der Waals surface area contributed by atoms with E-state index in [-0.39, 0.29) is 47.2 Å². The van der Waals surface area contributed by atoms with Crippen LogP contribution in [0.3, 0.4) is 0 Å². The van der Waals surface area contributed by atoms with Gasteiger partial charge in [-0.25, -0.2) is 0 Å². The summed E-state index contributed by atoms with van der Waals surface area (Å²) in [5.41, 5.74) is 0.182. The number of hydrogen-bond acceptors (Lipinski definition) is 9. The number of hydrogen-bond donors (Lipinski definition) is 8. The molecule has 1 aromatic rings. The number of benzene rings is 1. The van der Waals surface area contributed by atoms with Crippen molar-refractivity contribution in [2.75, 3.05) is 44.4 Å². The van der Waals surface area contributed by atoms with E-state index < -0.39 is 55.9 Å². The highest BCUT2D eigenvalue weighted by molar-refractivity contribution is 14.1. The summed E-state index contributed by atoms with van der Waals surface area (Å²) >= 11 is 5.47. The molecule has 15 heteroatoms. The van der Waals surface area contributed by atoms with Gasteiger partial charge in [0.2, 0.25) is 5.91 Å². The van der Waals surface area contributed by atoms with Crippen LogP contribution in [0.2, 0.25) is 0 Å². The predicted octanol–water partition coefficient (Wildman–Crippen LogP) is -1.63. The second kappa shape index (κ2) is 15.0. The summed E-state index contributed by atoms with van der Waals surface area (Å²) < 4.78 is 0.762. The number of aliphatic hydroxyl groups excluding tert-OH is 6. The van der Waals surface area contributed by atoms with Crippen molar-refractivity contribution in [3.63, 3.8) is 0 Å². The minimum absolute atomic E-state index is 0.0133. The Kier molecular flexibility index (Phi) is 13.9. The van der Waals surface area contributed by atoms with Gasteiger partial charge in [0.25, 0.3) is 11.8 Å². The van der Waals surface area contributed by atoms with Crippen molar-refractivity contribution >= 4 is 91.2 Å². The van der Waals surface area contributed by atoms with Crippen molar-refractivity contribution in [2.45, 2.75) is 25.2 Å². The van der Waals surface area contributed by atoms with Gasteiger partial charge in [-0.1, -0.05) is 0 Å². The van der Waals surface area contributed by atoms with Crippen LogP contribution in [0.5, 0.6) is 0 Å². The van der Waals surface area contributed by atoms with Crippen LogP contribution in [-0.4, -0.2) is 106 Å². The third kappa shape index (κ3) is 8.32. The Morgan fingerprint density at radius 3 is 1.47 bits per heavy atom. The van der Waals surface area contributed by atoms with E-state index in [0.717, 1.165) is 4.90 Å². The maximum Gasteiger partial charge on any atom is 0.253 e.